The minimum Gasteiger partial charge on any atom is -0.388 e. The Bertz CT molecular complexity index is 625. The van der Waals surface area contributed by atoms with Crippen molar-refractivity contribution < 1.29 is 13.5 Å². The molecule has 1 aromatic carbocycles. The Morgan fingerprint density at radius 2 is 1.88 bits per heavy atom. The van der Waals surface area contributed by atoms with E-state index in [0.717, 1.165) is 18.5 Å². The molecule has 0 aromatic heterocycles. The normalized spacial score (nSPS) is 17.9. The molecule has 0 aliphatic carbocycles. The van der Waals surface area contributed by atoms with Gasteiger partial charge in [0.2, 0.25) is 10.0 Å². The summed E-state index contributed by atoms with van der Waals surface area (Å²) in [6, 6.07) is 7.26. The van der Waals surface area contributed by atoms with Crippen molar-refractivity contribution in [3.8, 4) is 0 Å². The van der Waals surface area contributed by atoms with Gasteiger partial charge in [0.25, 0.3) is 0 Å². The van der Waals surface area contributed by atoms with E-state index in [2.05, 4.69) is 4.90 Å². The summed E-state index contributed by atoms with van der Waals surface area (Å²) < 4.78 is 25.1. The first-order chi connectivity index (χ1) is 11.9. The van der Waals surface area contributed by atoms with Crippen LogP contribution in [0.3, 0.4) is 0 Å². The van der Waals surface area contributed by atoms with Gasteiger partial charge in [0.15, 0.2) is 0 Å². The zero-order valence-electron chi connectivity index (χ0n) is 15.5. The quantitative estimate of drug-likeness (QED) is 0.766. The maximum Gasteiger partial charge on any atom is 0.232 e. The summed E-state index contributed by atoms with van der Waals surface area (Å²) in [6.07, 6.45) is 7.54. The first kappa shape index (κ1) is 20.2. The highest BCUT2D eigenvalue weighted by Crippen LogP contribution is 2.25. The number of aliphatic hydroxyl groups is 1. The van der Waals surface area contributed by atoms with Gasteiger partial charge in [-0.1, -0.05) is 25.0 Å². The number of rotatable bonds is 8. The number of hydrogen-bond donors (Lipinski definition) is 1. The third-order valence-electron chi connectivity index (χ3n) is 4.88. The van der Waals surface area contributed by atoms with Gasteiger partial charge in [-0.15, -0.1) is 0 Å². The lowest BCUT2D eigenvalue weighted by molar-refractivity contribution is 0.155. The fourth-order valence-corrected chi connectivity index (χ4v) is 4.50. The lowest BCUT2D eigenvalue weighted by Gasteiger charge is -2.23. The van der Waals surface area contributed by atoms with Gasteiger partial charge in [0.1, 0.15) is 0 Å². The van der Waals surface area contributed by atoms with Crippen LogP contribution in [-0.4, -0.2) is 50.9 Å². The molecule has 1 unspecified atom stereocenters. The predicted octanol–water partition coefficient (Wildman–Crippen LogP) is 3.16. The molecule has 1 aromatic rings. The number of benzene rings is 1. The molecule has 2 rings (SSSR count). The molecule has 0 amide bonds. The van der Waals surface area contributed by atoms with Crippen LogP contribution < -0.4 is 4.31 Å². The van der Waals surface area contributed by atoms with E-state index < -0.39 is 16.1 Å². The molecule has 0 saturated carbocycles. The van der Waals surface area contributed by atoms with Crippen LogP contribution in [0.5, 0.6) is 0 Å². The third-order valence-corrected chi connectivity index (χ3v) is 6.15. The van der Waals surface area contributed by atoms with E-state index in [9.17, 15) is 13.5 Å². The summed E-state index contributed by atoms with van der Waals surface area (Å²) in [5.74, 6) is 0. The van der Waals surface area contributed by atoms with Crippen LogP contribution in [0.4, 0.5) is 5.69 Å². The van der Waals surface area contributed by atoms with E-state index in [0.29, 0.717) is 18.7 Å². The van der Waals surface area contributed by atoms with Crippen molar-refractivity contribution in [3.63, 3.8) is 0 Å². The van der Waals surface area contributed by atoms with Gasteiger partial charge in [-0.3, -0.25) is 4.31 Å². The highest BCUT2D eigenvalue weighted by atomic mass is 32.2. The Morgan fingerprint density at radius 3 is 2.48 bits per heavy atom. The second-order valence-corrected chi connectivity index (χ2v) is 8.84. The smallest absolute Gasteiger partial charge is 0.232 e. The molecular formula is C19H32N2O3S. The van der Waals surface area contributed by atoms with Crippen LogP contribution in [0.2, 0.25) is 0 Å². The molecule has 1 aliphatic rings. The van der Waals surface area contributed by atoms with Gasteiger partial charge in [0.05, 0.1) is 18.0 Å². The maximum absolute atomic E-state index is 11.9. The van der Waals surface area contributed by atoms with Crippen molar-refractivity contribution >= 4 is 15.7 Å². The van der Waals surface area contributed by atoms with Gasteiger partial charge in [0, 0.05) is 6.54 Å². The lowest BCUT2D eigenvalue weighted by atomic mass is 10.0. The zero-order chi connectivity index (χ0) is 18.3. The SMILES string of the molecule is CCN(c1cccc(C(O)CCCN2CCCCCC2)c1)S(C)(=O)=O. The van der Waals surface area contributed by atoms with Crippen LogP contribution in [0, 0.1) is 0 Å². The molecule has 6 heteroatoms. The van der Waals surface area contributed by atoms with Crippen molar-refractivity contribution in [1.29, 1.82) is 0 Å². The maximum atomic E-state index is 11.9. The molecule has 0 spiro atoms. The highest BCUT2D eigenvalue weighted by Gasteiger charge is 2.17. The fraction of sp³-hybridized carbons (Fsp3) is 0.684. The second-order valence-electron chi connectivity index (χ2n) is 6.94. The molecule has 0 radical (unpaired) electrons. The predicted molar refractivity (Wildman–Crippen MR) is 103 cm³/mol. The van der Waals surface area contributed by atoms with Crippen molar-refractivity contribution in [3.05, 3.63) is 29.8 Å². The Kier molecular flexibility index (Phi) is 7.72. The van der Waals surface area contributed by atoms with Crippen LogP contribution in [0.25, 0.3) is 0 Å². The zero-order valence-corrected chi connectivity index (χ0v) is 16.3. The van der Waals surface area contributed by atoms with E-state index >= 15 is 0 Å². The number of likely N-dealkylation sites (tertiary alicyclic amines) is 1. The van der Waals surface area contributed by atoms with E-state index in [1.54, 1.807) is 12.1 Å². The summed E-state index contributed by atoms with van der Waals surface area (Å²) in [4.78, 5) is 2.50. The Hall–Kier alpha value is -1.11. The molecule has 5 nitrogen and oxygen atoms in total. The van der Waals surface area contributed by atoms with Crippen LogP contribution in [0.1, 0.15) is 57.1 Å². The van der Waals surface area contributed by atoms with Gasteiger partial charge in [-0.25, -0.2) is 8.42 Å². The van der Waals surface area contributed by atoms with E-state index in [1.807, 2.05) is 19.1 Å². The number of hydrogen-bond acceptors (Lipinski definition) is 4. The average molecular weight is 369 g/mol. The number of anilines is 1. The van der Waals surface area contributed by atoms with Crippen LogP contribution in [0.15, 0.2) is 24.3 Å². The Morgan fingerprint density at radius 1 is 1.20 bits per heavy atom. The van der Waals surface area contributed by atoms with Crippen LogP contribution in [-0.2, 0) is 10.0 Å². The molecule has 25 heavy (non-hydrogen) atoms. The summed E-state index contributed by atoms with van der Waals surface area (Å²) in [7, 11) is -3.30. The molecule has 0 bridgehead atoms. The molecule has 1 saturated heterocycles. The molecule has 1 aliphatic heterocycles. The number of sulfonamides is 1. The van der Waals surface area contributed by atoms with Gasteiger partial charge < -0.3 is 10.0 Å². The largest absolute Gasteiger partial charge is 0.388 e. The molecule has 1 heterocycles. The lowest BCUT2D eigenvalue weighted by Crippen LogP contribution is -2.29. The van der Waals surface area contributed by atoms with Crippen molar-refractivity contribution in [1.82, 2.24) is 4.90 Å². The van der Waals surface area contributed by atoms with E-state index in [1.165, 1.54) is 49.3 Å². The Labute approximate surface area is 152 Å². The Balaban J connectivity index is 1.93. The second kappa shape index (κ2) is 9.55. The first-order valence-electron chi connectivity index (χ1n) is 9.40. The standard InChI is InChI=1S/C19H32N2O3S/c1-3-21(25(2,23)24)18-11-8-10-17(16-18)19(22)12-9-15-20-13-6-4-5-7-14-20/h8,10-11,16,19,22H,3-7,9,12-15H2,1-2H3. The molecule has 1 fully saturated rings. The summed E-state index contributed by atoms with van der Waals surface area (Å²) in [5.41, 5.74) is 1.41. The highest BCUT2D eigenvalue weighted by molar-refractivity contribution is 7.92. The minimum atomic E-state index is -3.30. The van der Waals surface area contributed by atoms with Crippen molar-refractivity contribution in [2.75, 3.05) is 36.7 Å². The molecule has 1 atom stereocenters. The molecule has 142 valence electrons. The molecule has 1 N–H and O–H groups in total. The summed E-state index contributed by atoms with van der Waals surface area (Å²) >= 11 is 0. The van der Waals surface area contributed by atoms with Gasteiger partial charge >= 0.3 is 0 Å². The third kappa shape index (κ3) is 6.28. The van der Waals surface area contributed by atoms with Gasteiger partial charge in [-0.2, -0.15) is 0 Å². The number of nitrogens with zero attached hydrogens (tertiary/aromatic N) is 2. The van der Waals surface area contributed by atoms with Crippen molar-refractivity contribution in [2.24, 2.45) is 0 Å². The van der Waals surface area contributed by atoms with Crippen LogP contribution >= 0.6 is 0 Å². The topological polar surface area (TPSA) is 60.9 Å². The summed E-state index contributed by atoms with van der Waals surface area (Å²) in [6.45, 7) is 5.57. The summed E-state index contributed by atoms with van der Waals surface area (Å²) in [5, 5.41) is 10.5. The van der Waals surface area contributed by atoms with E-state index in [4.69, 9.17) is 0 Å². The minimum absolute atomic E-state index is 0.382. The first-order valence-corrected chi connectivity index (χ1v) is 11.2. The van der Waals surface area contributed by atoms with Crippen molar-refractivity contribution in [2.45, 2.75) is 51.6 Å². The van der Waals surface area contributed by atoms with Gasteiger partial charge in [-0.05, 0) is 69.9 Å². The fourth-order valence-electron chi connectivity index (χ4n) is 3.53. The average Bonchev–Trinajstić information content (AvgIpc) is 2.83. The monoisotopic (exact) mass is 368 g/mol. The van der Waals surface area contributed by atoms with E-state index in [-0.39, 0.29) is 0 Å². The molecular weight excluding hydrogens is 336 g/mol. The number of aliphatic hydroxyl groups excluding tert-OH is 1.